The number of methoxy groups -OCH3 is 1. The highest BCUT2D eigenvalue weighted by molar-refractivity contribution is 5.80. The van der Waals surface area contributed by atoms with E-state index in [1.807, 2.05) is 37.6 Å². The van der Waals surface area contributed by atoms with Gasteiger partial charge in [0.1, 0.15) is 12.7 Å². The second kappa shape index (κ2) is 10.8. The van der Waals surface area contributed by atoms with Gasteiger partial charge in [-0.05, 0) is 24.6 Å². The Morgan fingerprint density at radius 3 is 2.97 bits per heavy atom. The van der Waals surface area contributed by atoms with E-state index in [1.165, 1.54) is 0 Å². The summed E-state index contributed by atoms with van der Waals surface area (Å²) in [5.74, 6) is 2.09. The number of benzene rings is 1. The average Bonchev–Trinajstić information content (AvgIpc) is 3.22. The number of nitrogens with zero attached hydrogens (tertiary/aromatic N) is 4. The quantitative estimate of drug-likeness (QED) is 0.495. The van der Waals surface area contributed by atoms with Crippen LogP contribution in [0, 0.1) is 0 Å². The maximum atomic E-state index is 8.95. The third-order valence-electron chi connectivity index (χ3n) is 4.79. The van der Waals surface area contributed by atoms with Crippen molar-refractivity contribution in [3.05, 3.63) is 41.7 Å². The SMILES string of the molecule is CCNC(=NCc1ccc(OCCO)c(OC)c1)N1CCOC(c2cnn(C)c2)C1. The molecule has 164 valence electrons. The molecule has 1 aromatic heterocycles. The number of hydrogen-bond donors (Lipinski definition) is 2. The molecule has 0 bridgehead atoms. The first-order chi connectivity index (χ1) is 14.6. The van der Waals surface area contributed by atoms with Gasteiger partial charge in [0.15, 0.2) is 17.5 Å². The van der Waals surface area contributed by atoms with Crippen molar-refractivity contribution in [1.29, 1.82) is 0 Å². The largest absolute Gasteiger partial charge is 0.493 e. The number of nitrogens with one attached hydrogen (secondary N) is 1. The fourth-order valence-electron chi connectivity index (χ4n) is 3.33. The van der Waals surface area contributed by atoms with E-state index < -0.39 is 0 Å². The van der Waals surface area contributed by atoms with E-state index in [-0.39, 0.29) is 19.3 Å². The van der Waals surface area contributed by atoms with E-state index in [0.717, 1.165) is 36.7 Å². The predicted molar refractivity (Wildman–Crippen MR) is 114 cm³/mol. The molecule has 9 nitrogen and oxygen atoms in total. The number of aliphatic imine (C=N–C) groups is 1. The van der Waals surface area contributed by atoms with Gasteiger partial charge in [-0.15, -0.1) is 0 Å². The highest BCUT2D eigenvalue weighted by Gasteiger charge is 2.25. The molecule has 0 saturated carbocycles. The van der Waals surface area contributed by atoms with Crippen molar-refractivity contribution in [1.82, 2.24) is 20.0 Å². The summed E-state index contributed by atoms with van der Waals surface area (Å²) < 4.78 is 18.6. The van der Waals surface area contributed by atoms with Crippen LogP contribution in [0.2, 0.25) is 0 Å². The Kier molecular flexibility index (Phi) is 7.92. The Morgan fingerprint density at radius 1 is 1.40 bits per heavy atom. The van der Waals surface area contributed by atoms with Gasteiger partial charge in [-0.2, -0.15) is 5.10 Å². The van der Waals surface area contributed by atoms with Crippen LogP contribution in [0.1, 0.15) is 24.2 Å². The maximum Gasteiger partial charge on any atom is 0.194 e. The Bertz CT molecular complexity index is 839. The van der Waals surface area contributed by atoms with Gasteiger partial charge in [0.25, 0.3) is 0 Å². The lowest BCUT2D eigenvalue weighted by molar-refractivity contribution is -0.00805. The Morgan fingerprint density at radius 2 is 2.27 bits per heavy atom. The monoisotopic (exact) mass is 417 g/mol. The topological polar surface area (TPSA) is 93.4 Å². The van der Waals surface area contributed by atoms with Crippen molar-refractivity contribution in [3.8, 4) is 11.5 Å². The second-order valence-corrected chi connectivity index (χ2v) is 6.98. The molecule has 30 heavy (non-hydrogen) atoms. The number of morpholine rings is 1. The molecule has 1 aliphatic heterocycles. The number of hydrogen-bond acceptors (Lipinski definition) is 6. The van der Waals surface area contributed by atoms with Crippen LogP contribution < -0.4 is 14.8 Å². The maximum absolute atomic E-state index is 8.95. The number of ether oxygens (including phenoxy) is 3. The van der Waals surface area contributed by atoms with E-state index in [1.54, 1.807) is 11.8 Å². The molecule has 3 rings (SSSR count). The molecular formula is C21H31N5O4. The normalized spacial score (nSPS) is 17.1. The van der Waals surface area contributed by atoms with Gasteiger partial charge < -0.3 is 29.5 Å². The smallest absolute Gasteiger partial charge is 0.194 e. The van der Waals surface area contributed by atoms with E-state index >= 15 is 0 Å². The summed E-state index contributed by atoms with van der Waals surface area (Å²) in [6.07, 6.45) is 3.81. The first-order valence-electron chi connectivity index (χ1n) is 10.2. The third-order valence-corrected chi connectivity index (χ3v) is 4.79. The van der Waals surface area contributed by atoms with Crippen LogP contribution in [-0.2, 0) is 18.3 Å². The summed E-state index contributed by atoms with van der Waals surface area (Å²) in [5.41, 5.74) is 2.08. The minimum atomic E-state index is -0.0408. The van der Waals surface area contributed by atoms with Crippen LogP contribution >= 0.6 is 0 Å². The zero-order valence-corrected chi connectivity index (χ0v) is 17.9. The van der Waals surface area contributed by atoms with E-state index in [2.05, 4.69) is 22.2 Å². The molecule has 1 unspecified atom stereocenters. The van der Waals surface area contributed by atoms with Crippen LogP contribution in [0.3, 0.4) is 0 Å². The first kappa shape index (κ1) is 21.9. The molecule has 0 aliphatic carbocycles. The average molecular weight is 418 g/mol. The molecule has 0 spiro atoms. The van der Waals surface area contributed by atoms with Gasteiger partial charge >= 0.3 is 0 Å². The lowest BCUT2D eigenvalue weighted by atomic mass is 10.1. The van der Waals surface area contributed by atoms with Gasteiger partial charge in [-0.3, -0.25) is 4.68 Å². The molecule has 2 heterocycles. The lowest BCUT2D eigenvalue weighted by Gasteiger charge is -2.34. The van der Waals surface area contributed by atoms with Crippen molar-refractivity contribution in [2.24, 2.45) is 12.0 Å². The van der Waals surface area contributed by atoms with E-state index in [4.69, 9.17) is 24.3 Å². The van der Waals surface area contributed by atoms with Crippen molar-refractivity contribution in [3.63, 3.8) is 0 Å². The number of aliphatic hydroxyl groups is 1. The van der Waals surface area contributed by atoms with E-state index in [9.17, 15) is 0 Å². The van der Waals surface area contributed by atoms with E-state index in [0.29, 0.717) is 24.7 Å². The zero-order valence-electron chi connectivity index (χ0n) is 17.9. The Balaban J connectivity index is 1.70. The van der Waals surface area contributed by atoms with Gasteiger partial charge in [0.2, 0.25) is 0 Å². The standard InChI is InChI=1S/C21H31N5O4/c1-4-22-21(26-7-9-29-20(15-26)17-13-24-25(2)14-17)23-12-16-5-6-18(30-10-8-27)19(11-16)28-3/h5-6,11,13-14,20,27H,4,7-10,12,15H2,1-3H3,(H,22,23). The summed E-state index contributed by atoms with van der Waals surface area (Å²) in [7, 11) is 3.51. The van der Waals surface area contributed by atoms with Gasteiger partial charge in [-0.25, -0.2) is 4.99 Å². The molecule has 1 atom stereocenters. The summed E-state index contributed by atoms with van der Waals surface area (Å²) in [6, 6.07) is 5.72. The molecule has 0 radical (unpaired) electrons. The summed E-state index contributed by atoms with van der Waals surface area (Å²) in [6.45, 7) is 5.67. The van der Waals surface area contributed by atoms with Crippen molar-refractivity contribution >= 4 is 5.96 Å². The van der Waals surface area contributed by atoms with Crippen LogP contribution in [0.4, 0.5) is 0 Å². The molecule has 1 aromatic carbocycles. The molecule has 1 aliphatic rings. The van der Waals surface area contributed by atoms with Crippen molar-refractivity contribution < 1.29 is 19.3 Å². The number of rotatable bonds is 8. The number of aromatic nitrogens is 2. The minimum absolute atomic E-state index is 0.0284. The number of aryl methyl sites for hydroxylation is 1. The first-order valence-corrected chi connectivity index (χ1v) is 10.2. The number of guanidine groups is 1. The molecule has 9 heteroatoms. The fraction of sp³-hybridized carbons (Fsp3) is 0.524. The molecule has 1 saturated heterocycles. The zero-order chi connectivity index (χ0) is 21.3. The minimum Gasteiger partial charge on any atom is -0.493 e. The Hall–Kier alpha value is -2.78. The molecule has 2 aromatic rings. The summed E-state index contributed by atoms with van der Waals surface area (Å²) >= 11 is 0. The fourth-order valence-corrected chi connectivity index (χ4v) is 3.33. The van der Waals surface area contributed by atoms with Crippen LogP contribution in [0.25, 0.3) is 0 Å². The summed E-state index contributed by atoms with van der Waals surface area (Å²) in [4.78, 5) is 7.05. The highest BCUT2D eigenvalue weighted by Crippen LogP contribution is 2.28. The molecule has 1 fully saturated rings. The molecule has 0 amide bonds. The highest BCUT2D eigenvalue weighted by atomic mass is 16.5. The number of aliphatic hydroxyl groups excluding tert-OH is 1. The Labute approximate surface area is 177 Å². The lowest BCUT2D eigenvalue weighted by Crippen LogP contribution is -2.48. The van der Waals surface area contributed by atoms with Crippen LogP contribution in [-0.4, -0.2) is 72.3 Å². The predicted octanol–water partition coefficient (Wildman–Crippen LogP) is 1.34. The van der Waals surface area contributed by atoms with Crippen LogP contribution in [0.5, 0.6) is 11.5 Å². The van der Waals surface area contributed by atoms with Crippen molar-refractivity contribution in [2.75, 3.05) is 46.6 Å². The second-order valence-electron chi connectivity index (χ2n) is 6.98. The van der Waals surface area contributed by atoms with Gasteiger partial charge in [0, 0.05) is 31.9 Å². The van der Waals surface area contributed by atoms with Gasteiger partial charge in [-0.1, -0.05) is 6.07 Å². The molecular weight excluding hydrogens is 386 g/mol. The third kappa shape index (κ3) is 5.64. The summed E-state index contributed by atoms with van der Waals surface area (Å²) in [5, 5.41) is 16.6. The van der Waals surface area contributed by atoms with Crippen LogP contribution in [0.15, 0.2) is 35.6 Å². The molecule has 2 N–H and O–H groups in total. The van der Waals surface area contributed by atoms with Crippen molar-refractivity contribution in [2.45, 2.75) is 19.6 Å². The van der Waals surface area contributed by atoms with Gasteiger partial charge in [0.05, 0.1) is 39.6 Å².